The molecule has 2 aliphatic heterocycles. The van der Waals surface area contributed by atoms with Crippen LogP contribution >= 0.6 is 11.5 Å². The van der Waals surface area contributed by atoms with Crippen molar-refractivity contribution >= 4 is 17.4 Å². The van der Waals surface area contributed by atoms with Crippen LogP contribution in [0, 0.1) is 0 Å². The lowest BCUT2D eigenvalue weighted by Crippen LogP contribution is -2.31. The van der Waals surface area contributed by atoms with Crippen LogP contribution in [0.15, 0.2) is 6.20 Å². The Morgan fingerprint density at radius 1 is 1.18 bits per heavy atom. The summed E-state index contributed by atoms with van der Waals surface area (Å²) in [7, 11) is 0. The molecule has 0 radical (unpaired) electrons. The summed E-state index contributed by atoms with van der Waals surface area (Å²) in [5, 5.41) is 12.6. The Kier molecular flexibility index (Phi) is 3.61. The van der Waals surface area contributed by atoms with Gasteiger partial charge in [0.15, 0.2) is 5.82 Å². The third-order valence-electron chi connectivity index (χ3n) is 4.52. The minimum atomic E-state index is 0.0171. The zero-order valence-electron chi connectivity index (χ0n) is 12.3. The Morgan fingerprint density at radius 2 is 2.14 bits per heavy atom. The summed E-state index contributed by atoms with van der Waals surface area (Å²) >= 11 is 1.15. The average Bonchev–Trinajstić information content (AvgIpc) is 3.24. The van der Waals surface area contributed by atoms with Crippen LogP contribution < -0.4 is 0 Å². The summed E-state index contributed by atoms with van der Waals surface area (Å²) in [4.78, 5) is 15.2. The fraction of sp³-hybridized carbons (Fsp3) is 0.643. The second-order valence-corrected chi connectivity index (χ2v) is 6.66. The van der Waals surface area contributed by atoms with Crippen LogP contribution in [0.4, 0.5) is 0 Å². The number of hydrogen-bond acceptors (Lipinski definition) is 6. The van der Waals surface area contributed by atoms with E-state index in [4.69, 9.17) is 0 Å². The van der Waals surface area contributed by atoms with Gasteiger partial charge in [0.25, 0.3) is 5.91 Å². The first-order chi connectivity index (χ1) is 10.8. The van der Waals surface area contributed by atoms with Crippen molar-refractivity contribution in [2.45, 2.75) is 51.1 Å². The van der Waals surface area contributed by atoms with Gasteiger partial charge in [0.1, 0.15) is 10.7 Å². The number of aromatic nitrogens is 5. The SMILES string of the molecule is O=C(c1cnns1)N1CCC[C@@H]1c1nnc2n1CCCCC2. The van der Waals surface area contributed by atoms with Crippen molar-refractivity contribution in [1.29, 1.82) is 0 Å². The molecular formula is C14H18N6OS. The molecule has 2 aliphatic rings. The Labute approximate surface area is 132 Å². The lowest BCUT2D eigenvalue weighted by Gasteiger charge is -2.23. The molecule has 1 saturated heterocycles. The molecule has 1 fully saturated rings. The highest BCUT2D eigenvalue weighted by molar-refractivity contribution is 7.07. The van der Waals surface area contributed by atoms with Crippen LogP contribution in [0.25, 0.3) is 0 Å². The zero-order chi connectivity index (χ0) is 14.9. The molecule has 2 aromatic heterocycles. The smallest absolute Gasteiger partial charge is 0.267 e. The topological polar surface area (TPSA) is 76.8 Å². The van der Waals surface area contributed by atoms with Crippen molar-refractivity contribution in [2.75, 3.05) is 6.54 Å². The van der Waals surface area contributed by atoms with Crippen LogP contribution in [-0.2, 0) is 13.0 Å². The molecule has 0 spiro atoms. The van der Waals surface area contributed by atoms with Crippen molar-refractivity contribution < 1.29 is 4.79 Å². The van der Waals surface area contributed by atoms with Gasteiger partial charge in [-0.25, -0.2) is 0 Å². The highest BCUT2D eigenvalue weighted by Gasteiger charge is 2.35. The van der Waals surface area contributed by atoms with Gasteiger partial charge in [-0.2, -0.15) is 0 Å². The predicted molar refractivity (Wildman–Crippen MR) is 80.5 cm³/mol. The Morgan fingerprint density at radius 3 is 3.00 bits per heavy atom. The average molecular weight is 318 g/mol. The Bertz CT molecular complexity index is 667. The highest BCUT2D eigenvalue weighted by atomic mass is 32.1. The Hall–Kier alpha value is -1.83. The Balaban J connectivity index is 1.64. The monoisotopic (exact) mass is 318 g/mol. The predicted octanol–water partition coefficient (Wildman–Crippen LogP) is 1.83. The van der Waals surface area contributed by atoms with Gasteiger partial charge in [-0.05, 0) is 37.2 Å². The van der Waals surface area contributed by atoms with Crippen LogP contribution in [0.5, 0.6) is 0 Å². The van der Waals surface area contributed by atoms with Crippen molar-refractivity contribution in [3.05, 3.63) is 22.7 Å². The van der Waals surface area contributed by atoms with Crippen LogP contribution in [0.1, 0.15) is 59.5 Å². The van der Waals surface area contributed by atoms with Gasteiger partial charge < -0.3 is 9.47 Å². The number of aryl methyl sites for hydroxylation is 1. The van der Waals surface area contributed by atoms with Gasteiger partial charge in [0.2, 0.25) is 0 Å². The summed E-state index contributed by atoms with van der Waals surface area (Å²) in [6, 6.07) is 0.0361. The van der Waals surface area contributed by atoms with E-state index >= 15 is 0 Å². The first-order valence-corrected chi connectivity index (χ1v) is 8.62. The summed E-state index contributed by atoms with van der Waals surface area (Å²) in [6.45, 7) is 1.74. The zero-order valence-corrected chi connectivity index (χ0v) is 13.1. The van der Waals surface area contributed by atoms with E-state index in [0.29, 0.717) is 4.88 Å². The molecule has 0 aromatic carbocycles. The highest BCUT2D eigenvalue weighted by Crippen LogP contribution is 2.33. The molecule has 22 heavy (non-hydrogen) atoms. The maximum absolute atomic E-state index is 12.6. The fourth-order valence-corrected chi connectivity index (χ4v) is 3.91. The maximum Gasteiger partial charge on any atom is 0.267 e. The quantitative estimate of drug-likeness (QED) is 0.844. The molecule has 0 aliphatic carbocycles. The number of rotatable bonds is 2. The van der Waals surface area contributed by atoms with E-state index in [1.807, 2.05) is 4.90 Å². The number of carbonyl (C=O) groups excluding carboxylic acids is 1. The molecule has 4 rings (SSSR count). The van der Waals surface area contributed by atoms with Crippen LogP contribution in [0.2, 0.25) is 0 Å². The summed E-state index contributed by atoms with van der Waals surface area (Å²) in [6.07, 6.45) is 8.08. The van der Waals surface area contributed by atoms with Crippen molar-refractivity contribution in [2.24, 2.45) is 0 Å². The first kappa shape index (κ1) is 13.8. The molecule has 116 valence electrons. The lowest BCUT2D eigenvalue weighted by atomic mass is 10.2. The summed E-state index contributed by atoms with van der Waals surface area (Å²) in [5.41, 5.74) is 0. The molecule has 8 heteroatoms. The molecule has 2 aromatic rings. The molecule has 1 amide bonds. The minimum absolute atomic E-state index is 0.0171. The molecule has 0 unspecified atom stereocenters. The second-order valence-electron chi connectivity index (χ2n) is 5.88. The van der Waals surface area contributed by atoms with Gasteiger partial charge in [-0.15, -0.1) is 15.3 Å². The van der Waals surface area contributed by atoms with Crippen LogP contribution in [0.3, 0.4) is 0 Å². The molecular weight excluding hydrogens is 300 g/mol. The van der Waals surface area contributed by atoms with E-state index in [0.717, 1.165) is 62.0 Å². The molecule has 1 atom stereocenters. The van der Waals surface area contributed by atoms with E-state index in [9.17, 15) is 4.79 Å². The van der Waals surface area contributed by atoms with E-state index in [1.165, 1.54) is 12.8 Å². The van der Waals surface area contributed by atoms with Gasteiger partial charge in [0, 0.05) is 19.5 Å². The van der Waals surface area contributed by atoms with Gasteiger partial charge in [-0.1, -0.05) is 10.9 Å². The van der Waals surface area contributed by atoms with E-state index in [-0.39, 0.29) is 11.9 Å². The fourth-order valence-electron chi connectivity index (χ4n) is 3.44. The third-order valence-corrected chi connectivity index (χ3v) is 5.17. The molecule has 7 nitrogen and oxygen atoms in total. The summed E-state index contributed by atoms with van der Waals surface area (Å²) in [5.74, 6) is 2.05. The molecule has 4 heterocycles. The molecule has 0 N–H and O–H groups in total. The number of fused-ring (bicyclic) bond motifs is 1. The van der Waals surface area contributed by atoms with E-state index in [1.54, 1.807) is 6.20 Å². The molecule has 0 saturated carbocycles. The van der Waals surface area contributed by atoms with Gasteiger partial charge in [-0.3, -0.25) is 4.79 Å². The largest absolute Gasteiger partial charge is 0.328 e. The number of carbonyl (C=O) groups is 1. The third kappa shape index (κ3) is 2.31. The van der Waals surface area contributed by atoms with E-state index < -0.39 is 0 Å². The number of nitrogens with zero attached hydrogens (tertiary/aromatic N) is 6. The van der Waals surface area contributed by atoms with Crippen molar-refractivity contribution in [1.82, 2.24) is 29.3 Å². The summed E-state index contributed by atoms with van der Waals surface area (Å²) < 4.78 is 6.04. The standard InChI is InChI=1S/C14H18N6OS/c21-14(11-9-15-18-22-11)19-8-4-5-10(19)13-17-16-12-6-2-1-3-7-20(12)13/h9-10H,1-8H2/t10-/m1/s1. The van der Waals surface area contributed by atoms with Crippen molar-refractivity contribution in [3.8, 4) is 0 Å². The normalized spacial score (nSPS) is 21.6. The number of likely N-dealkylation sites (tertiary alicyclic amines) is 1. The van der Waals surface area contributed by atoms with Crippen LogP contribution in [-0.4, -0.2) is 41.7 Å². The first-order valence-electron chi connectivity index (χ1n) is 7.85. The van der Waals surface area contributed by atoms with Gasteiger partial charge in [0.05, 0.1) is 12.2 Å². The maximum atomic E-state index is 12.6. The van der Waals surface area contributed by atoms with Gasteiger partial charge >= 0.3 is 0 Å². The second kappa shape index (κ2) is 5.75. The van der Waals surface area contributed by atoms with Crippen molar-refractivity contribution in [3.63, 3.8) is 0 Å². The number of hydrogen-bond donors (Lipinski definition) is 0. The lowest BCUT2D eigenvalue weighted by molar-refractivity contribution is 0.0731. The molecule has 0 bridgehead atoms. The van der Waals surface area contributed by atoms with E-state index in [2.05, 4.69) is 24.4 Å². The number of amides is 1. The minimum Gasteiger partial charge on any atom is -0.328 e.